The summed E-state index contributed by atoms with van der Waals surface area (Å²) in [7, 11) is 0. The molecular formula is C12H13NO2S. The lowest BCUT2D eigenvalue weighted by Gasteiger charge is -1.97. The van der Waals surface area contributed by atoms with Gasteiger partial charge in [0.1, 0.15) is 5.78 Å². The molecule has 0 aliphatic heterocycles. The number of hydrogen-bond acceptors (Lipinski definition) is 3. The van der Waals surface area contributed by atoms with Gasteiger partial charge in [0.25, 0.3) is 4.84 Å². The monoisotopic (exact) mass is 235 g/mol. The van der Waals surface area contributed by atoms with Crippen molar-refractivity contribution in [2.45, 2.75) is 13.3 Å². The number of oxazole rings is 1. The van der Waals surface area contributed by atoms with Crippen molar-refractivity contribution in [3.8, 4) is 0 Å². The molecule has 1 heterocycles. The molecule has 1 aromatic heterocycles. The molecule has 0 atom stereocenters. The number of H-pyrrole nitrogens is 1. The number of allylic oxidation sites excluding steroid dienone is 2. The third kappa shape index (κ3) is 3.17. The molecule has 0 radical (unpaired) electrons. The summed E-state index contributed by atoms with van der Waals surface area (Å²) >= 11 is 4.87. The van der Waals surface area contributed by atoms with Crippen LogP contribution >= 0.6 is 12.2 Å². The second kappa shape index (κ2) is 5.42. The van der Waals surface area contributed by atoms with E-state index in [-0.39, 0.29) is 10.6 Å². The zero-order chi connectivity index (χ0) is 12.1. The smallest absolute Gasteiger partial charge is 0.266 e. The molecule has 16 heavy (non-hydrogen) atoms. The minimum Gasteiger partial charge on any atom is -0.429 e. The van der Waals surface area contributed by atoms with Gasteiger partial charge in [0.15, 0.2) is 5.76 Å². The van der Waals surface area contributed by atoms with Crippen LogP contribution in [-0.2, 0) is 4.79 Å². The fraction of sp³-hybridized carbons (Fsp3) is 0.167. The van der Waals surface area contributed by atoms with Crippen molar-refractivity contribution in [1.82, 2.24) is 4.98 Å². The maximum Gasteiger partial charge on any atom is 0.266 e. The number of nitrogens with one attached hydrogen (secondary N) is 1. The first-order chi connectivity index (χ1) is 7.56. The lowest BCUT2D eigenvalue weighted by Crippen LogP contribution is -1.91. The van der Waals surface area contributed by atoms with E-state index in [1.807, 2.05) is 0 Å². The number of aromatic amines is 1. The summed E-state index contributed by atoms with van der Waals surface area (Å²) in [6.45, 7) is 8.81. The summed E-state index contributed by atoms with van der Waals surface area (Å²) in [6.07, 6.45) is 5.30. The van der Waals surface area contributed by atoms with Gasteiger partial charge in [-0.2, -0.15) is 0 Å². The molecule has 0 aliphatic rings. The Hall–Kier alpha value is -1.68. The van der Waals surface area contributed by atoms with Gasteiger partial charge in [0.05, 0.1) is 5.69 Å². The van der Waals surface area contributed by atoms with E-state index in [1.165, 1.54) is 6.92 Å². The topological polar surface area (TPSA) is 46.0 Å². The number of carbonyl (C=O) groups is 1. The molecule has 0 saturated carbocycles. The summed E-state index contributed by atoms with van der Waals surface area (Å²) in [4.78, 5) is 14.1. The molecule has 0 fully saturated rings. The van der Waals surface area contributed by atoms with Gasteiger partial charge in [-0.15, -0.1) is 0 Å². The summed E-state index contributed by atoms with van der Waals surface area (Å²) in [5.74, 6) is 0.636. The summed E-state index contributed by atoms with van der Waals surface area (Å²) in [5.41, 5.74) is 1.49. The third-order valence-electron chi connectivity index (χ3n) is 1.94. The van der Waals surface area contributed by atoms with Crippen LogP contribution in [0, 0.1) is 4.84 Å². The Bertz CT molecular complexity index is 505. The molecule has 4 heteroatoms. The first kappa shape index (κ1) is 12.4. The summed E-state index contributed by atoms with van der Waals surface area (Å²) in [5, 5.41) is 0. The van der Waals surface area contributed by atoms with E-state index in [1.54, 1.807) is 18.2 Å². The average molecular weight is 235 g/mol. The number of ketones is 1. The first-order valence-electron chi connectivity index (χ1n) is 4.74. The molecule has 0 saturated heterocycles. The molecule has 0 aromatic carbocycles. The molecule has 1 N–H and O–H groups in total. The van der Waals surface area contributed by atoms with Crippen LogP contribution < -0.4 is 0 Å². The third-order valence-corrected chi connectivity index (χ3v) is 2.13. The van der Waals surface area contributed by atoms with Gasteiger partial charge >= 0.3 is 0 Å². The lowest BCUT2D eigenvalue weighted by atomic mass is 10.1. The first-order valence-corrected chi connectivity index (χ1v) is 5.15. The molecular weight excluding hydrogens is 222 g/mol. The van der Waals surface area contributed by atoms with Gasteiger partial charge < -0.3 is 9.40 Å². The van der Waals surface area contributed by atoms with Crippen LogP contribution in [0.3, 0.4) is 0 Å². The highest BCUT2D eigenvalue weighted by Gasteiger charge is 2.04. The second-order valence-electron chi connectivity index (χ2n) is 3.30. The van der Waals surface area contributed by atoms with Crippen LogP contribution in [-0.4, -0.2) is 10.8 Å². The highest BCUT2D eigenvalue weighted by atomic mass is 32.1. The minimum atomic E-state index is 0.0698. The van der Waals surface area contributed by atoms with Crippen molar-refractivity contribution in [2.75, 3.05) is 0 Å². The number of rotatable bonds is 5. The molecule has 0 unspecified atom stereocenters. The van der Waals surface area contributed by atoms with Crippen molar-refractivity contribution < 1.29 is 9.21 Å². The fourth-order valence-corrected chi connectivity index (χ4v) is 1.45. The van der Waals surface area contributed by atoms with E-state index in [9.17, 15) is 4.79 Å². The van der Waals surface area contributed by atoms with Crippen molar-refractivity contribution in [3.05, 3.63) is 41.1 Å². The Morgan fingerprint density at radius 1 is 1.56 bits per heavy atom. The second-order valence-corrected chi connectivity index (χ2v) is 3.67. The van der Waals surface area contributed by atoms with Gasteiger partial charge in [0, 0.05) is 6.42 Å². The Morgan fingerprint density at radius 2 is 2.25 bits per heavy atom. The van der Waals surface area contributed by atoms with Crippen molar-refractivity contribution in [3.63, 3.8) is 0 Å². The Balaban J connectivity index is 3.11. The maximum atomic E-state index is 11.0. The lowest BCUT2D eigenvalue weighted by molar-refractivity contribution is -0.116. The maximum absolute atomic E-state index is 11.0. The van der Waals surface area contributed by atoms with E-state index >= 15 is 0 Å². The Morgan fingerprint density at radius 3 is 2.75 bits per heavy atom. The van der Waals surface area contributed by atoms with Gasteiger partial charge in [0.2, 0.25) is 0 Å². The average Bonchev–Trinajstić information content (AvgIpc) is 2.57. The molecule has 0 bridgehead atoms. The quantitative estimate of drug-likeness (QED) is 0.627. The SMILES string of the molecule is C=C/C(=C\c1oc(=S)[nH]c1C=C)CC(C)=O. The number of Topliss-reactive ketones (excluding diaryl/α,β-unsaturated/α-hetero) is 1. The van der Waals surface area contributed by atoms with E-state index in [4.69, 9.17) is 16.6 Å². The van der Waals surface area contributed by atoms with Crippen molar-refractivity contribution >= 4 is 30.2 Å². The number of carbonyl (C=O) groups excluding carboxylic acids is 1. The molecule has 1 aromatic rings. The largest absolute Gasteiger partial charge is 0.429 e. The summed E-state index contributed by atoms with van der Waals surface area (Å²) < 4.78 is 5.27. The van der Waals surface area contributed by atoms with E-state index in [0.717, 1.165) is 5.57 Å². The minimum absolute atomic E-state index is 0.0698. The normalized spacial score (nSPS) is 11.2. The van der Waals surface area contributed by atoms with Crippen LogP contribution in [0.5, 0.6) is 0 Å². The molecule has 3 nitrogen and oxygen atoms in total. The van der Waals surface area contributed by atoms with E-state index in [2.05, 4.69) is 18.1 Å². The molecule has 0 spiro atoms. The van der Waals surface area contributed by atoms with Gasteiger partial charge in [-0.1, -0.05) is 19.2 Å². The predicted molar refractivity (Wildman–Crippen MR) is 67.5 cm³/mol. The Kier molecular flexibility index (Phi) is 4.19. The standard InChI is InChI=1S/C12H13NO2S/c1-4-9(6-8(3)14)7-11-10(5-2)13-12(16)15-11/h4-5,7H,1-2,6H2,3H3,(H,13,16)/b9-7+. The van der Waals surface area contributed by atoms with Crippen molar-refractivity contribution in [1.29, 1.82) is 0 Å². The number of aromatic nitrogens is 1. The fourth-order valence-electron chi connectivity index (χ4n) is 1.25. The molecule has 84 valence electrons. The Labute approximate surface area is 99.2 Å². The van der Waals surface area contributed by atoms with Gasteiger partial charge in [-0.05, 0) is 36.9 Å². The van der Waals surface area contributed by atoms with Crippen LogP contribution in [0.4, 0.5) is 0 Å². The summed E-state index contributed by atoms with van der Waals surface area (Å²) in [6, 6.07) is 0. The zero-order valence-corrected chi connectivity index (χ0v) is 9.89. The van der Waals surface area contributed by atoms with Gasteiger partial charge in [-0.3, -0.25) is 4.79 Å². The van der Waals surface area contributed by atoms with Crippen LogP contribution in [0.2, 0.25) is 0 Å². The molecule has 0 aliphatic carbocycles. The van der Waals surface area contributed by atoms with E-state index < -0.39 is 0 Å². The van der Waals surface area contributed by atoms with Gasteiger partial charge in [-0.25, -0.2) is 0 Å². The predicted octanol–water partition coefficient (Wildman–Crippen LogP) is 3.53. The molecule has 1 rings (SSSR count). The highest BCUT2D eigenvalue weighted by Crippen LogP contribution is 2.16. The van der Waals surface area contributed by atoms with Crippen LogP contribution in [0.1, 0.15) is 24.8 Å². The van der Waals surface area contributed by atoms with Crippen LogP contribution in [0.25, 0.3) is 12.2 Å². The van der Waals surface area contributed by atoms with Crippen LogP contribution in [0.15, 0.2) is 29.2 Å². The highest BCUT2D eigenvalue weighted by molar-refractivity contribution is 7.71. The van der Waals surface area contributed by atoms with E-state index in [0.29, 0.717) is 17.9 Å². The van der Waals surface area contributed by atoms with Crippen molar-refractivity contribution in [2.24, 2.45) is 0 Å². The molecule has 0 amide bonds. The number of hydrogen-bond donors (Lipinski definition) is 1. The zero-order valence-electron chi connectivity index (χ0n) is 9.08.